The van der Waals surface area contributed by atoms with Crippen molar-refractivity contribution >= 4 is 20.3 Å². The fourth-order valence-corrected chi connectivity index (χ4v) is 8.23. The number of hydrogen-bond donors (Lipinski definition) is 4. The molecule has 2 aromatic rings. The van der Waals surface area contributed by atoms with E-state index in [1.807, 2.05) is 49.1 Å². The van der Waals surface area contributed by atoms with E-state index in [2.05, 4.69) is 61.5 Å². The van der Waals surface area contributed by atoms with E-state index < -0.39 is 56.7 Å². The first kappa shape index (κ1) is 48.2. The number of likely N-dealkylation sites (tertiary alicyclic amines) is 1. The molecule has 10 nitrogen and oxygen atoms in total. The standard InChI is InChI=1S/C43H69F3N4O6Si/c1-12-47-33-22-24-50(25-23-33)39(52)37(29(2)3)49-38(51)32(26-31-18-20-34(21-19-31)54-43(44,45)46)28-36(56-57(10,11)42(7,8)9)35(27-30-16-14-13-15-17-30)48-40(53)55-41(4,5)6/h13-21,29,32-33,35-38,47,49,51H,12,22-28H2,1-11H3,(H,48,53)/t32-,35+,36+,37?,38+/m1/s1. The molecule has 0 saturated carbocycles. The van der Waals surface area contributed by atoms with Crippen LogP contribution in [0.1, 0.15) is 92.7 Å². The van der Waals surface area contributed by atoms with Crippen LogP contribution < -0.4 is 20.7 Å². The van der Waals surface area contributed by atoms with Crippen molar-refractivity contribution in [1.29, 1.82) is 0 Å². The number of rotatable bonds is 18. The van der Waals surface area contributed by atoms with Crippen molar-refractivity contribution in [1.82, 2.24) is 20.9 Å². The maximum absolute atomic E-state index is 14.1. The number of hydrogen-bond acceptors (Lipinski definition) is 8. The lowest BCUT2D eigenvalue weighted by atomic mass is 9.87. The molecule has 5 atom stereocenters. The Kier molecular flexibility index (Phi) is 17.5. The molecule has 0 radical (unpaired) electrons. The minimum atomic E-state index is -4.84. The molecule has 1 heterocycles. The molecule has 2 amide bonds. The maximum Gasteiger partial charge on any atom is 0.573 e. The molecule has 0 spiro atoms. The summed E-state index contributed by atoms with van der Waals surface area (Å²) in [5, 5.41) is 21.9. The third kappa shape index (κ3) is 16.2. The molecule has 1 aliphatic heterocycles. The van der Waals surface area contributed by atoms with Gasteiger partial charge in [0.05, 0.1) is 18.2 Å². The summed E-state index contributed by atoms with van der Waals surface area (Å²) in [5.74, 6) is -1.24. The van der Waals surface area contributed by atoms with Gasteiger partial charge < -0.3 is 34.5 Å². The Morgan fingerprint density at radius 1 is 0.912 bits per heavy atom. The van der Waals surface area contributed by atoms with Gasteiger partial charge in [-0.2, -0.15) is 0 Å². The Bertz CT molecular complexity index is 1520. The van der Waals surface area contributed by atoms with E-state index in [-0.39, 0.29) is 35.5 Å². The van der Waals surface area contributed by atoms with Crippen LogP contribution in [0.15, 0.2) is 54.6 Å². The number of aliphatic hydroxyl groups is 1. The van der Waals surface area contributed by atoms with Gasteiger partial charge in [0, 0.05) is 25.0 Å². The lowest BCUT2D eigenvalue weighted by Crippen LogP contribution is -2.58. The molecule has 57 heavy (non-hydrogen) atoms. The van der Waals surface area contributed by atoms with E-state index in [0.29, 0.717) is 31.1 Å². The lowest BCUT2D eigenvalue weighted by Gasteiger charge is -2.43. The summed E-state index contributed by atoms with van der Waals surface area (Å²) in [6.07, 6.45) is -4.82. The lowest BCUT2D eigenvalue weighted by molar-refractivity contribution is -0.274. The fraction of sp³-hybridized carbons (Fsp3) is 0.674. The number of nitrogens with zero attached hydrogens (tertiary/aromatic N) is 1. The van der Waals surface area contributed by atoms with E-state index in [1.165, 1.54) is 12.1 Å². The van der Waals surface area contributed by atoms with Crippen LogP contribution in [0.25, 0.3) is 0 Å². The molecule has 2 aromatic carbocycles. The number of carbonyl (C=O) groups excluding carboxylic acids is 2. The number of carbonyl (C=O) groups is 2. The number of halogens is 3. The Hall–Kier alpha value is -3.17. The van der Waals surface area contributed by atoms with Gasteiger partial charge in [0.15, 0.2) is 8.32 Å². The highest BCUT2D eigenvalue weighted by atomic mass is 28.4. The van der Waals surface area contributed by atoms with Gasteiger partial charge in [-0.3, -0.25) is 10.1 Å². The normalized spacial score (nSPS) is 17.4. The third-order valence-corrected chi connectivity index (χ3v) is 15.4. The van der Waals surface area contributed by atoms with Crippen LogP contribution in [-0.4, -0.2) is 92.4 Å². The monoisotopic (exact) mass is 822 g/mol. The third-order valence-electron chi connectivity index (χ3n) is 10.9. The van der Waals surface area contributed by atoms with Gasteiger partial charge in [0.25, 0.3) is 0 Å². The SMILES string of the molecule is CCNC1CCN(C(=O)C(N[C@@H](O)[C@H](Cc2ccc(OC(F)(F)F)cc2)C[C@H](O[Si](C)(C)C(C)(C)C)[C@H](Cc2ccccc2)NC(=O)OC(C)(C)C)C(C)C)CC1. The Balaban J connectivity index is 2.07. The van der Waals surface area contributed by atoms with Crippen molar-refractivity contribution in [2.45, 2.75) is 155 Å². The number of alkyl carbamates (subject to hydrolysis) is 1. The first-order valence-corrected chi connectivity index (χ1v) is 23.3. The smallest absolute Gasteiger partial charge is 0.444 e. The highest BCUT2D eigenvalue weighted by molar-refractivity contribution is 6.74. The van der Waals surface area contributed by atoms with Crippen LogP contribution in [0, 0.1) is 11.8 Å². The molecule has 0 aliphatic carbocycles. The Labute approximate surface area is 340 Å². The van der Waals surface area contributed by atoms with Crippen LogP contribution in [0.4, 0.5) is 18.0 Å². The van der Waals surface area contributed by atoms with E-state index in [9.17, 15) is 27.9 Å². The Morgan fingerprint density at radius 2 is 1.49 bits per heavy atom. The molecular weight excluding hydrogens is 754 g/mol. The van der Waals surface area contributed by atoms with Gasteiger partial charge >= 0.3 is 12.5 Å². The van der Waals surface area contributed by atoms with Crippen LogP contribution in [0.5, 0.6) is 5.75 Å². The summed E-state index contributed by atoms with van der Waals surface area (Å²) in [5.41, 5.74) is 0.849. The van der Waals surface area contributed by atoms with Gasteiger partial charge in [-0.25, -0.2) is 4.79 Å². The number of nitrogens with one attached hydrogen (secondary N) is 3. The summed E-state index contributed by atoms with van der Waals surface area (Å²) >= 11 is 0. The molecule has 0 aromatic heterocycles. The zero-order valence-electron chi connectivity index (χ0n) is 36.0. The second-order valence-corrected chi connectivity index (χ2v) is 23.0. The number of alkyl halides is 3. The van der Waals surface area contributed by atoms with Gasteiger partial charge in [-0.05, 0) is 107 Å². The molecule has 0 bridgehead atoms. The van der Waals surface area contributed by atoms with Crippen LogP contribution in [0.2, 0.25) is 18.1 Å². The Morgan fingerprint density at radius 3 is 2.00 bits per heavy atom. The zero-order chi connectivity index (χ0) is 42.8. The molecule has 3 rings (SSSR count). The average molecular weight is 823 g/mol. The topological polar surface area (TPSA) is 121 Å². The van der Waals surface area contributed by atoms with Crippen molar-refractivity contribution in [2.24, 2.45) is 11.8 Å². The van der Waals surface area contributed by atoms with Gasteiger partial charge in [-0.15, -0.1) is 13.2 Å². The largest absolute Gasteiger partial charge is 0.573 e. The molecular formula is C43H69F3N4O6Si. The first-order chi connectivity index (χ1) is 26.4. The summed E-state index contributed by atoms with van der Waals surface area (Å²) in [6.45, 7) is 24.0. The molecule has 1 fully saturated rings. The van der Waals surface area contributed by atoms with Crippen molar-refractivity contribution in [3.63, 3.8) is 0 Å². The molecule has 1 unspecified atom stereocenters. The molecule has 14 heteroatoms. The van der Waals surface area contributed by atoms with Crippen molar-refractivity contribution in [2.75, 3.05) is 19.6 Å². The minimum absolute atomic E-state index is 0.0889. The molecule has 1 aliphatic rings. The molecule has 4 N–H and O–H groups in total. The second kappa shape index (κ2) is 20.7. The second-order valence-electron chi connectivity index (χ2n) is 18.2. The number of piperidine rings is 1. The molecule has 1 saturated heterocycles. The van der Waals surface area contributed by atoms with E-state index in [1.54, 1.807) is 32.9 Å². The molecule has 322 valence electrons. The number of aliphatic hydroxyl groups excluding tert-OH is 1. The number of benzene rings is 2. The predicted molar refractivity (Wildman–Crippen MR) is 221 cm³/mol. The van der Waals surface area contributed by atoms with Crippen LogP contribution >= 0.6 is 0 Å². The van der Waals surface area contributed by atoms with Gasteiger partial charge in [0.1, 0.15) is 17.6 Å². The van der Waals surface area contributed by atoms with Gasteiger partial charge in [0.2, 0.25) is 5.91 Å². The van der Waals surface area contributed by atoms with Crippen LogP contribution in [0.3, 0.4) is 0 Å². The van der Waals surface area contributed by atoms with Crippen molar-refractivity contribution < 1.29 is 41.8 Å². The van der Waals surface area contributed by atoms with E-state index >= 15 is 0 Å². The highest BCUT2D eigenvalue weighted by Gasteiger charge is 2.43. The predicted octanol–water partition coefficient (Wildman–Crippen LogP) is 8.19. The van der Waals surface area contributed by atoms with Gasteiger partial charge in [-0.1, -0.05) is 84.0 Å². The average Bonchev–Trinajstić information content (AvgIpc) is 3.09. The summed E-state index contributed by atoms with van der Waals surface area (Å²) in [4.78, 5) is 29.4. The zero-order valence-corrected chi connectivity index (χ0v) is 37.0. The number of amides is 2. The fourth-order valence-electron chi connectivity index (χ4n) is 6.86. The van der Waals surface area contributed by atoms with Crippen molar-refractivity contribution in [3.8, 4) is 5.75 Å². The van der Waals surface area contributed by atoms with E-state index in [0.717, 1.165) is 24.9 Å². The minimum Gasteiger partial charge on any atom is -0.444 e. The van der Waals surface area contributed by atoms with E-state index in [4.69, 9.17) is 9.16 Å². The number of ether oxygens (including phenoxy) is 2. The van der Waals surface area contributed by atoms with Crippen molar-refractivity contribution in [3.05, 3.63) is 65.7 Å². The summed E-state index contributed by atoms with van der Waals surface area (Å²) in [6, 6.07) is 14.4. The van der Waals surface area contributed by atoms with Crippen LogP contribution in [-0.2, 0) is 26.8 Å². The quantitative estimate of drug-likeness (QED) is 0.0878. The first-order valence-electron chi connectivity index (χ1n) is 20.4. The maximum atomic E-state index is 14.1. The summed E-state index contributed by atoms with van der Waals surface area (Å²) in [7, 11) is -2.56. The highest BCUT2D eigenvalue weighted by Crippen LogP contribution is 2.39. The summed E-state index contributed by atoms with van der Waals surface area (Å²) < 4.78 is 56.1.